The van der Waals surface area contributed by atoms with Crippen molar-refractivity contribution in [2.24, 2.45) is 0 Å². The summed E-state index contributed by atoms with van der Waals surface area (Å²) in [6, 6.07) is 15.8. The molecule has 5 nitrogen and oxygen atoms in total. The molecule has 0 N–H and O–H groups in total. The average Bonchev–Trinajstić information content (AvgIpc) is 2.55. The molecule has 0 saturated heterocycles. The predicted molar refractivity (Wildman–Crippen MR) is 85.7 cm³/mol. The van der Waals surface area contributed by atoms with Gasteiger partial charge in [0.05, 0.1) is 24.0 Å². The van der Waals surface area contributed by atoms with Crippen molar-refractivity contribution in [3.63, 3.8) is 0 Å². The number of hydrogen-bond donors (Lipinski definition) is 0. The van der Waals surface area contributed by atoms with Crippen LogP contribution in [-0.4, -0.2) is 25.9 Å². The molecule has 0 amide bonds. The molecular weight excluding hydrogens is 299 g/mol. The lowest BCUT2D eigenvalue weighted by molar-refractivity contribution is 0.379. The fraction of sp³-hybridized carbons (Fsp3) is 0.188. The summed E-state index contributed by atoms with van der Waals surface area (Å²) < 4.78 is 25.9. The maximum absolute atomic E-state index is 13.3. The van der Waals surface area contributed by atoms with Gasteiger partial charge in [0.25, 0.3) is 0 Å². The quantitative estimate of drug-likeness (QED) is 0.793. The van der Waals surface area contributed by atoms with Crippen LogP contribution in [0.25, 0.3) is 0 Å². The molecule has 0 aliphatic rings. The largest absolute Gasteiger partial charge is 0.493 e. The van der Waals surface area contributed by atoms with Gasteiger partial charge >= 0.3 is 7.52 Å². The van der Waals surface area contributed by atoms with Crippen LogP contribution in [0.5, 0.6) is 11.5 Å². The highest BCUT2D eigenvalue weighted by atomic mass is 31.2. The average molecular weight is 316 g/mol. The van der Waals surface area contributed by atoms with Crippen molar-refractivity contribution in [2.45, 2.75) is 0 Å². The van der Waals surface area contributed by atoms with Crippen LogP contribution in [0.2, 0.25) is 0 Å². The first-order chi connectivity index (χ1) is 10.5. The van der Waals surface area contributed by atoms with Crippen LogP contribution in [0, 0.1) is 11.3 Å². The first kappa shape index (κ1) is 16.1. The van der Waals surface area contributed by atoms with Crippen molar-refractivity contribution in [1.82, 2.24) is 4.67 Å². The first-order valence-electron chi connectivity index (χ1n) is 6.62. The van der Waals surface area contributed by atoms with Crippen molar-refractivity contribution >= 4 is 12.8 Å². The van der Waals surface area contributed by atoms with Crippen LogP contribution in [0.15, 0.2) is 48.5 Å². The number of benzene rings is 2. The van der Waals surface area contributed by atoms with Gasteiger partial charge in [0.15, 0.2) is 11.5 Å². The molecule has 0 radical (unpaired) electrons. The smallest absolute Gasteiger partial charge is 0.349 e. The number of nitriles is 1. The molecule has 0 saturated carbocycles. The van der Waals surface area contributed by atoms with E-state index < -0.39 is 7.52 Å². The molecule has 22 heavy (non-hydrogen) atoms. The van der Waals surface area contributed by atoms with Crippen LogP contribution < -0.4 is 14.6 Å². The van der Waals surface area contributed by atoms with Crippen molar-refractivity contribution in [3.05, 3.63) is 54.1 Å². The Bertz CT molecular complexity index is 739. The third-order valence-electron chi connectivity index (χ3n) is 3.12. The topological polar surface area (TPSA) is 62.6 Å². The van der Waals surface area contributed by atoms with Gasteiger partial charge in [-0.15, -0.1) is 0 Å². The Morgan fingerprint density at radius 3 is 2.32 bits per heavy atom. The standard InChI is InChI=1S/C16H17N2O3P/c1-18(2)22(19,14-7-5-4-6-8-14)21-15-10-9-13(12-17)11-16(15)20-3/h4-11H,1-3H3. The van der Waals surface area contributed by atoms with Gasteiger partial charge in [0.2, 0.25) is 0 Å². The third kappa shape index (κ3) is 3.14. The van der Waals surface area contributed by atoms with Gasteiger partial charge in [-0.2, -0.15) is 5.26 Å². The second-order valence-electron chi connectivity index (χ2n) is 4.77. The number of nitrogens with zero attached hydrogens (tertiary/aromatic N) is 2. The first-order valence-corrected chi connectivity index (χ1v) is 8.20. The van der Waals surface area contributed by atoms with Gasteiger partial charge in [-0.1, -0.05) is 18.2 Å². The van der Waals surface area contributed by atoms with Crippen LogP contribution in [-0.2, 0) is 4.57 Å². The molecule has 114 valence electrons. The number of methoxy groups -OCH3 is 1. The van der Waals surface area contributed by atoms with Gasteiger partial charge in [-0.05, 0) is 38.4 Å². The molecule has 2 aromatic rings. The maximum Gasteiger partial charge on any atom is 0.349 e. The molecule has 0 aliphatic heterocycles. The Balaban J connectivity index is 2.46. The van der Waals surface area contributed by atoms with E-state index in [1.54, 1.807) is 49.1 Å². The van der Waals surface area contributed by atoms with Gasteiger partial charge in [0.1, 0.15) is 0 Å². The minimum absolute atomic E-state index is 0.336. The number of rotatable bonds is 5. The van der Waals surface area contributed by atoms with Crippen LogP contribution in [0.3, 0.4) is 0 Å². The summed E-state index contributed by atoms with van der Waals surface area (Å²) in [5.41, 5.74) is 0.448. The van der Waals surface area contributed by atoms with Crippen molar-refractivity contribution < 1.29 is 13.8 Å². The van der Waals surface area contributed by atoms with Crippen LogP contribution in [0.4, 0.5) is 0 Å². The van der Waals surface area contributed by atoms with E-state index in [0.29, 0.717) is 22.4 Å². The molecule has 1 unspecified atom stereocenters. The molecule has 0 fully saturated rings. The lowest BCUT2D eigenvalue weighted by atomic mass is 10.2. The van der Waals surface area contributed by atoms with Crippen LogP contribution >= 0.6 is 7.52 Å². The molecule has 6 heteroatoms. The summed E-state index contributed by atoms with van der Waals surface area (Å²) in [7, 11) is 1.62. The Morgan fingerprint density at radius 1 is 1.09 bits per heavy atom. The van der Waals surface area contributed by atoms with E-state index in [2.05, 4.69) is 0 Å². The Morgan fingerprint density at radius 2 is 1.77 bits per heavy atom. The second kappa shape index (κ2) is 6.65. The molecule has 0 spiro atoms. The molecule has 2 aromatic carbocycles. The molecule has 1 atom stereocenters. The molecule has 2 rings (SSSR count). The van der Waals surface area contributed by atoms with Gasteiger partial charge in [-0.25, -0.2) is 4.67 Å². The monoisotopic (exact) mass is 316 g/mol. The third-order valence-corrected chi connectivity index (χ3v) is 5.57. The van der Waals surface area contributed by atoms with E-state index in [4.69, 9.17) is 14.5 Å². The predicted octanol–water partition coefficient (Wildman–Crippen LogP) is 3.03. The van der Waals surface area contributed by atoms with E-state index in [9.17, 15) is 4.57 Å². The fourth-order valence-electron chi connectivity index (χ4n) is 1.93. The summed E-state index contributed by atoms with van der Waals surface area (Å²) in [5, 5.41) is 9.53. The highest BCUT2D eigenvalue weighted by molar-refractivity contribution is 7.65. The highest BCUT2D eigenvalue weighted by Crippen LogP contribution is 2.49. The molecule has 0 heterocycles. The molecular formula is C16H17N2O3P. The molecule has 0 aliphatic carbocycles. The Labute approximate surface area is 130 Å². The zero-order valence-electron chi connectivity index (χ0n) is 12.7. The van der Waals surface area contributed by atoms with Gasteiger partial charge in [0, 0.05) is 6.07 Å². The molecule has 0 bridgehead atoms. The van der Waals surface area contributed by atoms with E-state index >= 15 is 0 Å². The minimum atomic E-state index is -3.26. The summed E-state index contributed by atoms with van der Waals surface area (Å²) in [5.74, 6) is 0.708. The van der Waals surface area contributed by atoms with Crippen molar-refractivity contribution in [3.8, 4) is 17.6 Å². The lowest BCUT2D eigenvalue weighted by Gasteiger charge is -2.26. The van der Waals surface area contributed by atoms with Gasteiger partial charge in [-0.3, -0.25) is 4.57 Å². The zero-order valence-corrected chi connectivity index (χ0v) is 13.6. The summed E-state index contributed by atoms with van der Waals surface area (Å²) in [6.07, 6.45) is 0. The number of ether oxygens (including phenoxy) is 1. The SMILES string of the molecule is COc1cc(C#N)ccc1OP(=O)(c1ccccc1)N(C)C. The van der Waals surface area contributed by atoms with Crippen LogP contribution in [0.1, 0.15) is 5.56 Å². The van der Waals surface area contributed by atoms with Gasteiger partial charge < -0.3 is 9.26 Å². The van der Waals surface area contributed by atoms with E-state index in [1.165, 1.54) is 7.11 Å². The summed E-state index contributed by atoms with van der Waals surface area (Å²) in [6.45, 7) is 0. The summed E-state index contributed by atoms with van der Waals surface area (Å²) >= 11 is 0. The lowest BCUT2D eigenvalue weighted by Crippen LogP contribution is -2.22. The normalized spacial score (nSPS) is 13.2. The Hall–Kier alpha value is -2.28. The summed E-state index contributed by atoms with van der Waals surface area (Å²) in [4.78, 5) is 0. The van der Waals surface area contributed by atoms with Crippen molar-refractivity contribution in [2.75, 3.05) is 21.2 Å². The fourth-order valence-corrected chi connectivity index (χ4v) is 3.62. The minimum Gasteiger partial charge on any atom is -0.493 e. The second-order valence-corrected chi connectivity index (χ2v) is 7.31. The maximum atomic E-state index is 13.3. The Kier molecular flexibility index (Phi) is 4.87. The van der Waals surface area contributed by atoms with E-state index in [0.717, 1.165) is 0 Å². The van der Waals surface area contributed by atoms with E-state index in [-0.39, 0.29) is 0 Å². The van der Waals surface area contributed by atoms with Crippen molar-refractivity contribution in [1.29, 1.82) is 5.26 Å². The van der Waals surface area contributed by atoms with E-state index in [1.807, 2.05) is 24.3 Å². The number of hydrogen-bond acceptors (Lipinski definition) is 4. The zero-order chi connectivity index (χ0) is 16.2. The molecule has 0 aromatic heterocycles. The highest BCUT2D eigenvalue weighted by Gasteiger charge is 2.31.